The van der Waals surface area contributed by atoms with Gasteiger partial charge in [0, 0.05) is 44.4 Å². The topological polar surface area (TPSA) is 52.8 Å². The van der Waals surface area contributed by atoms with Crippen LogP contribution in [-0.2, 0) is 5.41 Å². The molecule has 3 aromatic heterocycles. The first-order chi connectivity index (χ1) is 26.3. The van der Waals surface area contributed by atoms with Crippen molar-refractivity contribution >= 4 is 43.6 Å². The minimum Gasteiger partial charge on any atom is -0.457 e. The Kier molecular flexibility index (Phi) is 5.64. The molecule has 0 unspecified atom stereocenters. The molecule has 4 heterocycles. The van der Waals surface area contributed by atoms with Crippen LogP contribution >= 0.6 is 0 Å². The third-order valence-corrected chi connectivity index (χ3v) is 11.3. The van der Waals surface area contributed by atoms with E-state index in [-0.39, 0.29) is 0 Å². The number of fused-ring (bicyclic) bond motifs is 15. The van der Waals surface area contributed by atoms with Crippen LogP contribution in [0.2, 0.25) is 0 Å². The number of hydrogen-bond donors (Lipinski definition) is 0. The Morgan fingerprint density at radius 1 is 0.491 bits per heavy atom. The van der Waals surface area contributed by atoms with E-state index in [9.17, 15) is 0 Å². The van der Waals surface area contributed by atoms with Gasteiger partial charge in [-0.3, -0.25) is 4.57 Å². The Labute approximate surface area is 304 Å². The molecular weight excluding hydrogens is 649 g/mol. The van der Waals surface area contributed by atoms with Gasteiger partial charge in [-0.2, -0.15) is 4.98 Å². The number of para-hydroxylation sites is 1. The first-order valence-corrected chi connectivity index (χ1v) is 17.9. The summed E-state index contributed by atoms with van der Waals surface area (Å²) in [7, 11) is 0. The third-order valence-electron chi connectivity index (χ3n) is 11.3. The van der Waals surface area contributed by atoms with Gasteiger partial charge in [0.05, 0.1) is 22.1 Å². The lowest BCUT2D eigenvalue weighted by Gasteiger charge is -2.39. The Balaban J connectivity index is 1.27. The van der Waals surface area contributed by atoms with Gasteiger partial charge < -0.3 is 4.74 Å². The van der Waals surface area contributed by atoms with E-state index < -0.39 is 5.41 Å². The van der Waals surface area contributed by atoms with Crippen molar-refractivity contribution in [3.63, 3.8) is 0 Å². The fourth-order valence-corrected chi connectivity index (χ4v) is 9.20. The maximum Gasteiger partial charge on any atom is 0.237 e. The van der Waals surface area contributed by atoms with E-state index in [1.54, 1.807) is 6.20 Å². The third kappa shape index (κ3) is 3.73. The molecule has 5 heteroatoms. The predicted molar refractivity (Wildman–Crippen MR) is 212 cm³/mol. The fourth-order valence-electron chi connectivity index (χ4n) is 9.20. The Hall–Kier alpha value is -7.11. The second kappa shape index (κ2) is 10.5. The smallest absolute Gasteiger partial charge is 0.237 e. The van der Waals surface area contributed by atoms with Crippen LogP contribution in [0.15, 0.2) is 170 Å². The second-order valence-corrected chi connectivity index (χ2v) is 13.9. The summed E-state index contributed by atoms with van der Waals surface area (Å²) in [5, 5.41) is 5.37. The van der Waals surface area contributed by atoms with E-state index >= 15 is 0 Å². The molecular formula is C48H28N4O. The molecule has 246 valence electrons. The minimum absolute atomic E-state index is 0.574. The van der Waals surface area contributed by atoms with Gasteiger partial charge in [0.2, 0.25) is 5.95 Å². The molecule has 7 aromatic carbocycles. The number of pyridine rings is 1. The van der Waals surface area contributed by atoms with Crippen molar-refractivity contribution in [3.8, 4) is 39.8 Å². The van der Waals surface area contributed by atoms with Crippen molar-refractivity contribution in [2.75, 3.05) is 0 Å². The SMILES string of the molecule is c1ccc(-c2nc(-n3c4cc5c(cc4c4ccc6ccccc6c43)Oc3ccccc3C53c4ccccc4-c4ccccc43)nc3ncccc23)cc1. The standard InChI is InChI=1S/C48H28N4O/c1-2-14-30(15-3-1)44-35-19-12-26-49-46(35)51-47(50-44)52-41-28-40-43(27-36(41)34-25-24-29-13-4-5-16-31(29)45(34)52)53-42-23-11-10-22-39(42)48(40)37-20-8-6-17-32(37)33-18-7-9-21-38(33)48/h1-28H. The Morgan fingerprint density at radius 3 is 2.02 bits per heavy atom. The fraction of sp³-hybridized carbons (Fsp3) is 0.0208. The lowest BCUT2D eigenvalue weighted by Crippen LogP contribution is -2.32. The summed E-state index contributed by atoms with van der Waals surface area (Å²) < 4.78 is 9.20. The number of aromatic nitrogens is 4. The highest BCUT2D eigenvalue weighted by atomic mass is 16.5. The zero-order valence-corrected chi connectivity index (χ0v) is 28.4. The summed E-state index contributed by atoms with van der Waals surface area (Å²) in [6, 6.07) is 58.1. The van der Waals surface area contributed by atoms with Gasteiger partial charge in [-0.1, -0.05) is 133 Å². The molecule has 1 spiro atoms. The molecule has 53 heavy (non-hydrogen) atoms. The molecule has 0 bridgehead atoms. The maximum absolute atomic E-state index is 6.94. The summed E-state index contributed by atoms with van der Waals surface area (Å²) in [4.78, 5) is 15.4. The van der Waals surface area contributed by atoms with Crippen molar-refractivity contribution < 1.29 is 4.74 Å². The van der Waals surface area contributed by atoms with E-state index in [1.165, 1.54) is 22.3 Å². The molecule has 1 aliphatic carbocycles. The Morgan fingerprint density at radius 2 is 1.19 bits per heavy atom. The van der Waals surface area contributed by atoms with Gasteiger partial charge in [0.15, 0.2) is 5.65 Å². The molecule has 0 amide bonds. The Bertz CT molecular complexity index is 3120. The molecule has 0 fully saturated rings. The largest absolute Gasteiger partial charge is 0.457 e. The minimum atomic E-state index is -0.601. The van der Waals surface area contributed by atoms with Crippen LogP contribution in [0.3, 0.4) is 0 Å². The summed E-state index contributed by atoms with van der Waals surface area (Å²) in [5.74, 6) is 2.29. The normalized spacial score (nSPS) is 13.6. The molecule has 0 radical (unpaired) electrons. The van der Waals surface area contributed by atoms with E-state index in [0.29, 0.717) is 11.6 Å². The average molecular weight is 677 g/mol. The van der Waals surface area contributed by atoms with Gasteiger partial charge in [-0.25, -0.2) is 9.97 Å². The molecule has 0 atom stereocenters. The zero-order chi connectivity index (χ0) is 34.7. The van der Waals surface area contributed by atoms with Crippen LogP contribution in [0.1, 0.15) is 22.3 Å². The summed E-state index contributed by atoms with van der Waals surface area (Å²) in [6.07, 6.45) is 1.80. The molecule has 0 saturated heterocycles. The average Bonchev–Trinajstić information content (AvgIpc) is 3.71. The first kappa shape index (κ1) is 28.6. The number of ether oxygens (including phenoxy) is 1. The van der Waals surface area contributed by atoms with Crippen molar-refractivity contribution in [1.82, 2.24) is 19.5 Å². The van der Waals surface area contributed by atoms with E-state index in [2.05, 4.69) is 144 Å². The highest BCUT2D eigenvalue weighted by Gasteiger charge is 2.51. The van der Waals surface area contributed by atoms with Gasteiger partial charge in [0.25, 0.3) is 0 Å². The van der Waals surface area contributed by atoms with E-state index in [4.69, 9.17) is 19.7 Å². The van der Waals surface area contributed by atoms with Crippen LogP contribution in [0.25, 0.3) is 71.9 Å². The number of hydrogen-bond acceptors (Lipinski definition) is 4. The number of rotatable bonds is 2. The van der Waals surface area contributed by atoms with Crippen LogP contribution in [0.4, 0.5) is 0 Å². The van der Waals surface area contributed by atoms with Gasteiger partial charge in [-0.05, 0) is 58.0 Å². The highest BCUT2D eigenvalue weighted by molar-refractivity contribution is 6.19. The predicted octanol–water partition coefficient (Wildman–Crippen LogP) is 11.4. The lowest BCUT2D eigenvalue weighted by molar-refractivity contribution is 0.437. The molecule has 2 aliphatic rings. The van der Waals surface area contributed by atoms with Crippen LogP contribution in [0, 0.1) is 0 Å². The number of nitrogens with zero attached hydrogens (tertiary/aromatic N) is 4. The van der Waals surface area contributed by atoms with Gasteiger partial charge in [0.1, 0.15) is 11.5 Å². The van der Waals surface area contributed by atoms with E-state index in [0.717, 1.165) is 71.8 Å². The lowest BCUT2D eigenvalue weighted by atomic mass is 9.66. The van der Waals surface area contributed by atoms with E-state index in [1.807, 2.05) is 24.3 Å². The monoisotopic (exact) mass is 676 g/mol. The molecule has 10 aromatic rings. The maximum atomic E-state index is 6.94. The highest BCUT2D eigenvalue weighted by Crippen LogP contribution is 2.62. The van der Waals surface area contributed by atoms with Gasteiger partial charge in [-0.15, -0.1) is 0 Å². The summed E-state index contributed by atoms with van der Waals surface area (Å²) in [5.41, 5.74) is 11.2. The molecule has 1 aliphatic heterocycles. The van der Waals surface area contributed by atoms with Crippen LogP contribution in [-0.4, -0.2) is 19.5 Å². The summed E-state index contributed by atoms with van der Waals surface area (Å²) in [6.45, 7) is 0. The van der Waals surface area contributed by atoms with Crippen LogP contribution in [0.5, 0.6) is 11.5 Å². The summed E-state index contributed by atoms with van der Waals surface area (Å²) >= 11 is 0. The quantitative estimate of drug-likeness (QED) is 0.183. The van der Waals surface area contributed by atoms with Crippen molar-refractivity contribution in [3.05, 3.63) is 192 Å². The van der Waals surface area contributed by atoms with Crippen molar-refractivity contribution in [2.45, 2.75) is 5.41 Å². The molecule has 0 saturated carbocycles. The van der Waals surface area contributed by atoms with Gasteiger partial charge >= 0.3 is 0 Å². The molecule has 12 rings (SSSR count). The number of benzene rings is 7. The van der Waals surface area contributed by atoms with Crippen molar-refractivity contribution in [2.24, 2.45) is 0 Å². The zero-order valence-electron chi connectivity index (χ0n) is 28.4. The molecule has 5 nitrogen and oxygen atoms in total. The second-order valence-electron chi connectivity index (χ2n) is 13.9. The molecule has 0 N–H and O–H groups in total. The van der Waals surface area contributed by atoms with Crippen LogP contribution < -0.4 is 4.74 Å². The first-order valence-electron chi connectivity index (χ1n) is 17.9. The van der Waals surface area contributed by atoms with Crippen molar-refractivity contribution in [1.29, 1.82) is 0 Å².